The molecular weight excluding hydrogens is 293 g/mol. The standard InChI is InChI=1S/C16H23ClFNO2/c1-11-4-2-3-5-16(11)21-10-15(20)9-19-14-7-12(17)6-13(18)8-14/h6-8,11,15-16,19-20H,2-5,9-10H2,1H3. The maximum Gasteiger partial charge on any atom is 0.126 e. The van der Waals surface area contributed by atoms with Gasteiger partial charge in [-0.3, -0.25) is 0 Å². The Morgan fingerprint density at radius 1 is 1.38 bits per heavy atom. The lowest BCUT2D eigenvalue weighted by molar-refractivity contribution is -0.0424. The number of aliphatic hydroxyl groups is 1. The summed E-state index contributed by atoms with van der Waals surface area (Å²) in [6, 6.07) is 4.22. The van der Waals surface area contributed by atoms with Gasteiger partial charge in [0.25, 0.3) is 0 Å². The van der Waals surface area contributed by atoms with E-state index in [0.717, 1.165) is 6.42 Å². The quantitative estimate of drug-likeness (QED) is 0.838. The van der Waals surface area contributed by atoms with Crippen LogP contribution in [-0.4, -0.2) is 30.5 Å². The van der Waals surface area contributed by atoms with Crippen LogP contribution in [0.3, 0.4) is 0 Å². The third-order valence-corrected chi connectivity index (χ3v) is 4.16. The van der Waals surface area contributed by atoms with E-state index in [9.17, 15) is 9.50 Å². The van der Waals surface area contributed by atoms with Crippen molar-refractivity contribution in [3.63, 3.8) is 0 Å². The Morgan fingerprint density at radius 2 is 2.14 bits per heavy atom. The molecule has 3 nitrogen and oxygen atoms in total. The lowest BCUT2D eigenvalue weighted by atomic mass is 9.88. The minimum Gasteiger partial charge on any atom is -0.389 e. The van der Waals surface area contributed by atoms with E-state index in [4.69, 9.17) is 16.3 Å². The van der Waals surface area contributed by atoms with Crippen LogP contribution in [0.4, 0.5) is 10.1 Å². The first-order valence-electron chi connectivity index (χ1n) is 7.54. The molecule has 0 aliphatic heterocycles. The molecule has 2 rings (SSSR count). The van der Waals surface area contributed by atoms with Crippen molar-refractivity contribution in [2.24, 2.45) is 5.92 Å². The minimum atomic E-state index is -0.624. The maximum absolute atomic E-state index is 13.2. The molecule has 1 aliphatic carbocycles. The molecule has 0 aromatic heterocycles. The van der Waals surface area contributed by atoms with Gasteiger partial charge in [-0.1, -0.05) is 31.4 Å². The Morgan fingerprint density at radius 3 is 2.86 bits per heavy atom. The second kappa shape index (κ2) is 7.97. The van der Waals surface area contributed by atoms with E-state index in [1.165, 1.54) is 31.4 Å². The average Bonchev–Trinajstić information content (AvgIpc) is 2.43. The SMILES string of the molecule is CC1CCCCC1OCC(O)CNc1cc(F)cc(Cl)c1. The van der Waals surface area contributed by atoms with Crippen LogP contribution in [0.15, 0.2) is 18.2 Å². The second-order valence-corrected chi connectivity index (χ2v) is 6.26. The highest BCUT2D eigenvalue weighted by molar-refractivity contribution is 6.30. The molecule has 21 heavy (non-hydrogen) atoms. The molecule has 0 heterocycles. The summed E-state index contributed by atoms with van der Waals surface area (Å²) in [5.41, 5.74) is 0.560. The summed E-state index contributed by atoms with van der Waals surface area (Å²) >= 11 is 5.78. The topological polar surface area (TPSA) is 41.5 Å². The average molecular weight is 316 g/mol. The van der Waals surface area contributed by atoms with Crippen molar-refractivity contribution in [3.05, 3.63) is 29.0 Å². The van der Waals surface area contributed by atoms with E-state index >= 15 is 0 Å². The number of hydrogen-bond acceptors (Lipinski definition) is 3. The van der Waals surface area contributed by atoms with Gasteiger partial charge in [-0.05, 0) is 37.0 Å². The van der Waals surface area contributed by atoms with Crippen molar-refractivity contribution < 1.29 is 14.2 Å². The Kier molecular flexibility index (Phi) is 6.27. The van der Waals surface area contributed by atoms with Gasteiger partial charge in [0.1, 0.15) is 5.82 Å². The number of halogens is 2. The molecule has 0 amide bonds. The molecule has 0 saturated heterocycles. The molecule has 3 atom stereocenters. The maximum atomic E-state index is 13.2. The van der Waals surface area contributed by atoms with E-state index in [0.29, 0.717) is 29.8 Å². The highest BCUT2D eigenvalue weighted by atomic mass is 35.5. The predicted molar refractivity (Wildman–Crippen MR) is 83.3 cm³/mol. The molecule has 3 unspecified atom stereocenters. The summed E-state index contributed by atoms with van der Waals surface area (Å²) in [5, 5.41) is 13.3. The van der Waals surface area contributed by atoms with Crippen molar-refractivity contribution in [1.82, 2.24) is 0 Å². The van der Waals surface area contributed by atoms with Gasteiger partial charge in [-0.25, -0.2) is 4.39 Å². The molecule has 1 saturated carbocycles. The van der Waals surface area contributed by atoms with Crippen molar-refractivity contribution in [3.8, 4) is 0 Å². The number of ether oxygens (including phenoxy) is 1. The zero-order valence-corrected chi connectivity index (χ0v) is 13.1. The summed E-state index contributed by atoms with van der Waals surface area (Å²) in [6.07, 6.45) is 4.36. The largest absolute Gasteiger partial charge is 0.389 e. The lowest BCUT2D eigenvalue weighted by Crippen LogP contribution is -2.32. The summed E-state index contributed by atoms with van der Waals surface area (Å²) in [6.45, 7) is 2.80. The normalized spacial score (nSPS) is 23.8. The van der Waals surface area contributed by atoms with Crippen LogP contribution in [0.5, 0.6) is 0 Å². The van der Waals surface area contributed by atoms with Crippen LogP contribution in [0.2, 0.25) is 5.02 Å². The summed E-state index contributed by atoms with van der Waals surface area (Å²) < 4.78 is 19.0. The summed E-state index contributed by atoms with van der Waals surface area (Å²) in [5.74, 6) is 0.160. The van der Waals surface area contributed by atoms with Crippen molar-refractivity contribution in [2.75, 3.05) is 18.5 Å². The fourth-order valence-electron chi connectivity index (χ4n) is 2.72. The number of nitrogens with one attached hydrogen (secondary N) is 1. The Hall–Kier alpha value is -0.840. The predicted octanol–water partition coefficient (Wildman–Crippen LogP) is 3.85. The second-order valence-electron chi connectivity index (χ2n) is 5.83. The van der Waals surface area contributed by atoms with Crippen molar-refractivity contribution in [2.45, 2.75) is 44.8 Å². The highest BCUT2D eigenvalue weighted by Gasteiger charge is 2.22. The van der Waals surface area contributed by atoms with E-state index in [-0.39, 0.29) is 6.10 Å². The van der Waals surface area contributed by atoms with E-state index in [1.807, 2.05) is 0 Å². The zero-order valence-electron chi connectivity index (χ0n) is 12.3. The Labute approximate surface area is 130 Å². The molecule has 0 spiro atoms. The molecule has 1 fully saturated rings. The van der Waals surface area contributed by atoms with E-state index in [1.54, 1.807) is 6.07 Å². The lowest BCUT2D eigenvalue weighted by Gasteiger charge is -2.29. The molecule has 0 bridgehead atoms. The molecule has 1 aliphatic rings. The summed E-state index contributed by atoms with van der Waals surface area (Å²) in [7, 11) is 0. The van der Waals surface area contributed by atoms with Crippen LogP contribution in [0.25, 0.3) is 0 Å². The van der Waals surface area contributed by atoms with Gasteiger partial charge >= 0.3 is 0 Å². The number of anilines is 1. The number of rotatable bonds is 6. The summed E-state index contributed by atoms with van der Waals surface area (Å²) in [4.78, 5) is 0. The smallest absolute Gasteiger partial charge is 0.126 e. The number of aliphatic hydroxyl groups excluding tert-OH is 1. The molecule has 0 radical (unpaired) electrons. The van der Waals surface area contributed by atoms with Gasteiger partial charge in [0.2, 0.25) is 0 Å². The first-order valence-corrected chi connectivity index (χ1v) is 7.92. The molecule has 1 aromatic carbocycles. The van der Waals surface area contributed by atoms with Crippen LogP contribution in [0, 0.1) is 11.7 Å². The first-order chi connectivity index (χ1) is 10.0. The van der Waals surface area contributed by atoms with Crippen LogP contribution in [0.1, 0.15) is 32.6 Å². The van der Waals surface area contributed by atoms with Gasteiger partial charge in [-0.2, -0.15) is 0 Å². The van der Waals surface area contributed by atoms with Gasteiger partial charge in [0.05, 0.1) is 18.8 Å². The first kappa shape index (κ1) is 16.5. The van der Waals surface area contributed by atoms with E-state index < -0.39 is 11.9 Å². The number of hydrogen-bond donors (Lipinski definition) is 2. The van der Waals surface area contributed by atoms with Crippen molar-refractivity contribution >= 4 is 17.3 Å². The monoisotopic (exact) mass is 315 g/mol. The fourth-order valence-corrected chi connectivity index (χ4v) is 2.94. The molecule has 5 heteroatoms. The van der Waals surface area contributed by atoms with Crippen LogP contribution < -0.4 is 5.32 Å². The zero-order chi connectivity index (χ0) is 15.2. The fraction of sp³-hybridized carbons (Fsp3) is 0.625. The molecule has 118 valence electrons. The van der Waals surface area contributed by atoms with E-state index in [2.05, 4.69) is 12.2 Å². The Bertz CT molecular complexity index is 438. The Balaban J connectivity index is 1.73. The van der Waals surface area contributed by atoms with Gasteiger partial charge in [0, 0.05) is 17.3 Å². The van der Waals surface area contributed by atoms with Gasteiger partial charge in [-0.15, -0.1) is 0 Å². The van der Waals surface area contributed by atoms with Crippen LogP contribution >= 0.6 is 11.6 Å². The molecule has 2 N–H and O–H groups in total. The van der Waals surface area contributed by atoms with Crippen molar-refractivity contribution in [1.29, 1.82) is 0 Å². The van der Waals surface area contributed by atoms with Gasteiger partial charge < -0.3 is 15.2 Å². The molecular formula is C16H23ClFNO2. The van der Waals surface area contributed by atoms with Crippen LogP contribution in [-0.2, 0) is 4.74 Å². The third-order valence-electron chi connectivity index (χ3n) is 3.94. The minimum absolute atomic E-state index is 0.247. The van der Waals surface area contributed by atoms with Gasteiger partial charge in [0.15, 0.2) is 0 Å². The third kappa shape index (κ3) is 5.46. The number of benzene rings is 1. The molecule has 1 aromatic rings. The highest BCUT2D eigenvalue weighted by Crippen LogP contribution is 2.26.